The molecule has 4 aromatic carbocycles. The Labute approximate surface area is 239 Å². The number of nitrogens with one attached hydrogen (secondary N) is 2. The van der Waals surface area contributed by atoms with Gasteiger partial charge in [0, 0.05) is 33.9 Å². The highest BCUT2D eigenvalue weighted by Gasteiger charge is 2.18. The smallest absolute Gasteiger partial charge is 0.268 e. The van der Waals surface area contributed by atoms with E-state index in [2.05, 4.69) is 26.6 Å². The van der Waals surface area contributed by atoms with Crippen LogP contribution in [0.1, 0.15) is 21.5 Å². The number of amides is 2. The summed E-state index contributed by atoms with van der Waals surface area (Å²) in [4.78, 5) is 26.6. The molecule has 0 atom stereocenters. The quantitative estimate of drug-likeness (QED) is 0.201. The molecule has 0 unspecified atom stereocenters. The number of rotatable bonds is 8. The van der Waals surface area contributed by atoms with Crippen LogP contribution in [0.5, 0.6) is 0 Å². The molecule has 0 aliphatic heterocycles. The van der Waals surface area contributed by atoms with Crippen LogP contribution >= 0.6 is 15.9 Å². The minimum Gasteiger partial charge on any atom is -0.347 e. The van der Waals surface area contributed by atoms with Crippen molar-refractivity contribution in [2.45, 2.75) is 6.54 Å². The Balaban J connectivity index is 1.55. The number of carbonyl (C=O) groups excluding carboxylic acids is 2. The molecule has 1 aromatic heterocycles. The van der Waals surface area contributed by atoms with Gasteiger partial charge < -0.3 is 10.6 Å². The molecule has 0 saturated carbocycles. The van der Waals surface area contributed by atoms with E-state index in [4.69, 9.17) is 5.10 Å². The van der Waals surface area contributed by atoms with Crippen LogP contribution in [0.2, 0.25) is 0 Å². The van der Waals surface area contributed by atoms with E-state index in [0.717, 1.165) is 15.7 Å². The van der Waals surface area contributed by atoms with E-state index >= 15 is 0 Å². The Morgan fingerprint density at radius 3 is 2.17 bits per heavy atom. The molecule has 2 amide bonds. The maximum Gasteiger partial charge on any atom is 0.268 e. The average Bonchev–Trinajstić information content (AvgIpc) is 3.41. The predicted molar refractivity (Wildman–Crippen MR) is 157 cm³/mol. The van der Waals surface area contributed by atoms with Gasteiger partial charge in [-0.15, -0.1) is 0 Å². The third-order valence-corrected chi connectivity index (χ3v) is 6.60. The summed E-state index contributed by atoms with van der Waals surface area (Å²) in [5, 5.41) is 10.4. The molecule has 5 aromatic rings. The zero-order valence-corrected chi connectivity index (χ0v) is 22.8. The summed E-state index contributed by atoms with van der Waals surface area (Å²) in [5.74, 6) is -1.27. The predicted octanol–water partition coefficient (Wildman–Crippen LogP) is 6.53. The zero-order chi connectivity index (χ0) is 27.9. The van der Waals surface area contributed by atoms with Crippen LogP contribution in [0.3, 0.4) is 0 Å². The van der Waals surface area contributed by atoms with Gasteiger partial charge in [0.15, 0.2) is 0 Å². The van der Waals surface area contributed by atoms with Gasteiger partial charge in [-0.1, -0.05) is 64.5 Å². The number of hydrogen-bond acceptors (Lipinski definition) is 3. The Hall–Kier alpha value is -4.82. The number of aromatic nitrogens is 2. The highest BCUT2D eigenvalue weighted by atomic mass is 79.9. The van der Waals surface area contributed by atoms with Gasteiger partial charge in [0.2, 0.25) is 0 Å². The van der Waals surface area contributed by atoms with E-state index in [-0.39, 0.29) is 18.1 Å². The fourth-order valence-corrected chi connectivity index (χ4v) is 4.29. The molecule has 0 radical (unpaired) electrons. The molecule has 40 heavy (non-hydrogen) atoms. The first-order chi connectivity index (χ1) is 19.5. The van der Waals surface area contributed by atoms with Gasteiger partial charge in [0.25, 0.3) is 11.8 Å². The largest absolute Gasteiger partial charge is 0.347 e. The Morgan fingerprint density at radius 1 is 0.850 bits per heavy atom. The topological polar surface area (TPSA) is 76.0 Å². The normalized spacial score (nSPS) is 11.2. The average molecular weight is 595 g/mol. The van der Waals surface area contributed by atoms with Crippen molar-refractivity contribution in [1.29, 1.82) is 0 Å². The van der Waals surface area contributed by atoms with E-state index < -0.39 is 11.8 Å². The highest BCUT2D eigenvalue weighted by Crippen LogP contribution is 2.26. The third-order valence-electron chi connectivity index (χ3n) is 6.08. The number of carbonyl (C=O) groups is 2. The summed E-state index contributed by atoms with van der Waals surface area (Å²) < 4.78 is 16.2. The lowest BCUT2D eigenvalue weighted by Crippen LogP contribution is -2.34. The summed E-state index contributed by atoms with van der Waals surface area (Å²) in [7, 11) is 0. The van der Waals surface area contributed by atoms with Crippen molar-refractivity contribution in [2.24, 2.45) is 0 Å². The second-order valence-corrected chi connectivity index (χ2v) is 9.82. The minimum atomic E-state index is -0.466. The van der Waals surface area contributed by atoms with E-state index in [1.807, 2.05) is 60.7 Å². The molecule has 0 spiro atoms. The summed E-state index contributed by atoms with van der Waals surface area (Å²) >= 11 is 3.37. The van der Waals surface area contributed by atoms with Crippen LogP contribution in [-0.4, -0.2) is 21.6 Å². The Bertz CT molecular complexity index is 1650. The highest BCUT2D eigenvalue weighted by molar-refractivity contribution is 9.10. The van der Waals surface area contributed by atoms with Crippen molar-refractivity contribution in [3.8, 4) is 16.9 Å². The second kappa shape index (κ2) is 12.4. The SMILES string of the molecule is O=C(NCc1ccccc1)C(=Cc1cn(-c2ccccc2)nc1-c1ccc(F)cc1)NC(=O)c1ccc(Br)cc1. The maximum absolute atomic E-state index is 13.7. The van der Waals surface area contributed by atoms with Gasteiger partial charge in [-0.05, 0) is 72.3 Å². The van der Waals surface area contributed by atoms with Gasteiger partial charge in [-0.3, -0.25) is 9.59 Å². The number of benzene rings is 4. The van der Waals surface area contributed by atoms with Crippen LogP contribution in [0.25, 0.3) is 23.0 Å². The lowest BCUT2D eigenvalue weighted by atomic mass is 10.1. The molecular formula is C32H24BrFN4O2. The molecule has 0 fully saturated rings. The van der Waals surface area contributed by atoms with Gasteiger partial charge in [-0.25, -0.2) is 9.07 Å². The Kier molecular flexibility index (Phi) is 8.27. The fourth-order valence-electron chi connectivity index (χ4n) is 4.02. The van der Waals surface area contributed by atoms with Gasteiger partial charge in [0.05, 0.1) is 5.69 Å². The first-order valence-electron chi connectivity index (χ1n) is 12.5. The van der Waals surface area contributed by atoms with Crippen molar-refractivity contribution in [2.75, 3.05) is 0 Å². The molecule has 1 heterocycles. The van der Waals surface area contributed by atoms with Crippen molar-refractivity contribution in [3.05, 3.63) is 148 Å². The molecule has 198 valence electrons. The lowest BCUT2D eigenvalue weighted by Gasteiger charge is -2.12. The number of nitrogens with zero attached hydrogens (tertiary/aromatic N) is 2. The number of halogens is 2. The fraction of sp³-hybridized carbons (Fsp3) is 0.0312. The second-order valence-electron chi connectivity index (χ2n) is 8.91. The van der Waals surface area contributed by atoms with E-state index in [0.29, 0.717) is 22.4 Å². The van der Waals surface area contributed by atoms with Crippen LogP contribution in [0.15, 0.2) is 126 Å². The number of hydrogen-bond donors (Lipinski definition) is 2. The summed E-state index contributed by atoms with van der Waals surface area (Å²) in [6.45, 7) is 0.277. The lowest BCUT2D eigenvalue weighted by molar-refractivity contribution is -0.117. The first kappa shape index (κ1) is 26.8. The maximum atomic E-state index is 13.7. The molecule has 0 saturated heterocycles. The summed E-state index contributed by atoms with van der Waals surface area (Å²) in [6.07, 6.45) is 3.35. The van der Waals surface area contributed by atoms with Gasteiger partial charge >= 0.3 is 0 Å². The Morgan fingerprint density at radius 2 is 1.50 bits per heavy atom. The van der Waals surface area contributed by atoms with Crippen molar-refractivity contribution >= 4 is 33.8 Å². The van der Waals surface area contributed by atoms with Crippen LogP contribution < -0.4 is 10.6 Å². The van der Waals surface area contributed by atoms with Gasteiger partial charge in [-0.2, -0.15) is 5.10 Å². The minimum absolute atomic E-state index is 0.0415. The standard InChI is InChI=1S/C32H24BrFN4O2/c33-26-15-11-24(12-16-26)31(39)36-29(32(40)35-20-22-7-3-1-4-8-22)19-25-21-38(28-9-5-2-6-10-28)37-30(25)23-13-17-27(34)18-14-23/h1-19,21H,20H2,(H,35,40)(H,36,39). The molecule has 0 bridgehead atoms. The van der Waals surface area contributed by atoms with Crippen molar-refractivity contribution in [1.82, 2.24) is 20.4 Å². The van der Waals surface area contributed by atoms with E-state index in [9.17, 15) is 14.0 Å². The molecule has 0 aliphatic carbocycles. The van der Waals surface area contributed by atoms with E-state index in [1.165, 1.54) is 12.1 Å². The van der Waals surface area contributed by atoms with Crippen molar-refractivity contribution in [3.63, 3.8) is 0 Å². The summed E-state index contributed by atoms with van der Waals surface area (Å²) in [5.41, 5.74) is 3.90. The van der Waals surface area contributed by atoms with Gasteiger partial charge in [0.1, 0.15) is 17.2 Å². The zero-order valence-electron chi connectivity index (χ0n) is 21.2. The molecular weight excluding hydrogens is 571 g/mol. The molecule has 6 nitrogen and oxygen atoms in total. The third kappa shape index (κ3) is 6.59. The molecule has 5 rings (SSSR count). The monoisotopic (exact) mass is 594 g/mol. The molecule has 8 heteroatoms. The van der Waals surface area contributed by atoms with Crippen LogP contribution in [-0.2, 0) is 11.3 Å². The van der Waals surface area contributed by atoms with Crippen LogP contribution in [0.4, 0.5) is 4.39 Å². The van der Waals surface area contributed by atoms with E-state index in [1.54, 1.807) is 53.4 Å². The van der Waals surface area contributed by atoms with Crippen molar-refractivity contribution < 1.29 is 14.0 Å². The number of para-hydroxylation sites is 1. The summed E-state index contributed by atoms with van der Waals surface area (Å²) in [6, 6.07) is 31.8. The van der Waals surface area contributed by atoms with Crippen LogP contribution in [0, 0.1) is 5.82 Å². The molecule has 2 N–H and O–H groups in total. The first-order valence-corrected chi connectivity index (χ1v) is 13.3. The molecule has 0 aliphatic rings.